The second-order valence-corrected chi connectivity index (χ2v) is 6.03. The fourth-order valence-electron chi connectivity index (χ4n) is 3.06. The molecule has 0 spiro atoms. The number of halogens is 1. The molecular formula is C21H18FNO5. The molecule has 0 saturated heterocycles. The third kappa shape index (κ3) is 3.22. The number of aromatic hydroxyl groups is 1. The van der Waals surface area contributed by atoms with Crippen molar-refractivity contribution in [3.63, 3.8) is 0 Å². The number of esters is 1. The normalized spacial score (nSPS) is 15.4. The molecule has 2 aromatic carbocycles. The van der Waals surface area contributed by atoms with Crippen LogP contribution in [-0.2, 0) is 14.3 Å². The Hall–Kier alpha value is -3.61. The van der Waals surface area contributed by atoms with E-state index in [1.54, 1.807) is 25.1 Å². The maximum atomic E-state index is 13.3. The molecule has 1 amide bonds. The second kappa shape index (κ2) is 7.56. The minimum Gasteiger partial charge on any atom is -0.504 e. The van der Waals surface area contributed by atoms with E-state index in [0.717, 1.165) is 0 Å². The van der Waals surface area contributed by atoms with Gasteiger partial charge in [0, 0.05) is 16.9 Å². The van der Waals surface area contributed by atoms with Crippen molar-refractivity contribution >= 4 is 23.6 Å². The smallest absolute Gasteiger partial charge is 0.340 e. The van der Waals surface area contributed by atoms with Gasteiger partial charge in [0.1, 0.15) is 5.82 Å². The summed E-state index contributed by atoms with van der Waals surface area (Å²) < 4.78 is 23.2. The molecule has 2 aromatic rings. The quantitative estimate of drug-likeness (QED) is 0.647. The van der Waals surface area contributed by atoms with Crippen molar-refractivity contribution in [3.8, 4) is 11.5 Å². The van der Waals surface area contributed by atoms with Crippen molar-refractivity contribution in [2.24, 2.45) is 0 Å². The zero-order chi connectivity index (χ0) is 20.4. The summed E-state index contributed by atoms with van der Waals surface area (Å²) in [4.78, 5) is 26.8. The van der Waals surface area contributed by atoms with E-state index >= 15 is 0 Å². The van der Waals surface area contributed by atoms with Gasteiger partial charge in [-0.05, 0) is 43.3 Å². The van der Waals surface area contributed by atoms with Crippen LogP contribution in [0.4, 0.5) is 10.1 Å². The van der Waals surface area contributed by atoms with E-state index in [1.807, 2.05) is 0 Å². The van der Waals surface area contributed by atoms with Crippen LogP contribution in [-0.4, -0.2) is 31.2 Å². The number of nitrogens with zero attached hydrogens (tertiary/aromatic N) is 1. The molecule has 0 aromatic heterocycles. The van der Waals surface area contributed by atoms with Gasteiger partial charge in [0.15, 0.2) is 11.5 Å². The molecule has 0 bridgehead atoms. The topological polar surface area (TPSA) is 76.1 Å². The zero-order valence-electron chi connectivity index (χ0n) is 15.5. The Bertz CT molecular complexity index is 1010. The molecule has 144 valence electrons. The third-order valence-electron chi connectivity index (χ3n) is 4.42. The van der Waals surface area contributed by atoms with Crippen LogP contribution in [0.3, 0.4) is 0 Å². The van der Waals surface area contributed by atoms with Gasteiger partial charge in [-0.2, -0.15) is 0 Å². The van der Waals surface area contributed by atoms with Crippen molar-refractivity contribution in [2.75, 3.05) is 19.1 Å². The van der Waals surface area contributed by atoms with Gasteiger partial charge in [-0.1, -0.05) is 12.1 Å². The van der Waals surface area contributed by atoms with Crippen molar-refractivity contribution in [3.05, 3.63) is 70.7 Å². The SMILES string of the molecule is COC(=O)C1=C(C)N(c2ccc(F)cc2)C(=O)/C1=C\c1cccc(OC)c1O. The number of ether oxygens (including phenoxy) is 2. The molecule has 0 unspecified atom stereocenters. The molecule has 0 radical (unpaired) electrons. The Morgan fingerprint density at radius 1 is 1.14 bits per heavy atom. The Kier molecular flexibility index (Phi) is 5.17. The van der Waals surface area contributed by atoms with Gasteiger partial charge >= 0.3 is 5.97 Å². The summed E-state index contributed by atoms with van der Waals surface area (Å²) in [7, 11) is 2.63. The van der Waals surface area contributed by atoms with E-state index < -0.39 is 17.7 Å². The van der Waals surface area contributed by atoms with Crippen molar-refractivity contribution in [1.29, 1.82) is 0 Å². The number of para-hydroxylation sites is 1. The Morgan fingerprint density at radius 2 is 1.82 bits per heavy atom. The number of hydrogen-bond donors (Lipinski definition) is 1. The molecule has 0 atom stereocenters. The highest BCUT2D eigenvalue weighted by Gasteiger charge is 2.38. The average Bonchev–Trinajstić information content (AvgIpc) is 2.93. The predicted octanol–water partition coefficient (Wildman–Crippen LogP) is 3.42. The highest BCUT2D eigenvalue weighted by molar-refractivity contribution is 6.23. The minimum absolute atomic E-state index is 0.0530. The first-order valence-corrected chi connectivity index (χ1v) is 8.36. The zero-order valence-corrected chi connectivity index (χ0v) is 15.5. The lowest BCUT2D eigenvalue weighted by Gasteiger charge is -2.17. The Labute approximate surface area is 161 Å². The Balaban J connectivity index is 2.16. The van der Waals surface area contributed by atoms with Crippen LogP contribution in [0.2, 0.25) is 0 Å². The van der Waals surface area contributed by atoms with E-state index in [0.29, 0.717) is 16.9 Å². The number of hydrogen-bond acceptors (Lipinski definition) is 5. The van der Waals surface area contributed by atoms with Gasteiger partial charge in [0.05, 0.1) is 25.4 Å². The van der Waals surface area contributed by atoms with E-state index in [1.165, 1.54) is 49.5 Å². The number of rotatable bonds is 4. The highest BCUT2D eigenvalue weighted by Crippen LogP contribution is 2.38. The van der Waals surface area contributed by atoms with Crippen LogP contribution in [0.5, 0.6) is 11.5 Å². The summed E-state index contributed by atoms with van der Waals surface area (Å²) in [5.41, 5.74) is 1.18. The van der Waals surface area contributed by atoms with E-state index in [4.69, 9.17) is 9.47 Å². The number of carbonyl (C=O) groups is 2. The standard InChI is InChI=1S/C21H18FNO5/c1-12-18(21(26)28-3)16(11-13-5-4-6-17(27-2)19(13)24)20(25)23(12)15-9-7-14(22)8-10-15/h4-11,24H,1-3H3/b16-11-. The number of allylic oxidation sites excluding steroid dienone is 1. The minimum atomic E-state index is -0.691. The molecule has 28 heavy (non-hydrogen) atoms. The molecule has 1 aliphatic rings. The molecule has 1 aliphatic heterocycles. The number of methoxy groups -OCH3 is 2. The molecule has 0 aliphatic carbocycles. The van der Waals surface area contributed by atoms with Gasteiger partial charge in [0.2, 0.25) is 0 Å². The number of phenolic OH excluding ortho intramolecular Hbond substituents is 1. The first-order valence-electron chi connectivity index (χ1n) is 8.36. The van der Waals surface area contributed by atoms with E-state index in [9.17, 15) is 19.1 Å². The Morgan fingerprint density at radius 3 is 2.43 bits per heavy atom. The van der Waals surface area contributed by atoms with Gasteiger partial charge in [0.25, 0.3) is 5.91 Å². The maximum absolute atomic E-state index is 13.3. The van der Waals surface area contributed by atoms with Crippen LogP contribution in [0.15, 0.2) is 59.3 Å². The van der Waals surface area contributed by atoms with Crippen LogP contribution in [0.25, 0.3) is 6.08 Å². The van der Waals surface area contributed by atoms with Gasteiger partial charge < -0.3 is 14.6 Å². The molecule has 1 heterocycles. The van der Waals surface area contributed by atoms with Gasteiger partial charge in [-0.3, -0.25) is 9.69 Å². The molecule has 3 rings (SSSR count). The number of anilines is 1. The summed E-state index contributed by atoms with van der Waals surface area (Å²) in [5, 5.41) is 10.3. The number of benzene rings is 2. The summed E-state index contributed by atoms with van der Waals surface area (Å²) in [6.45, 7) is 1.60. The lowest BCUT2D eigenvalue weighted by Crippen LogP contribution is -2.24. The molecular weight excluding hydrogens is 365 g/mol. The van der Waals surface area contributed by atoms with Crippen molar-refractivity contribution in [1.82, 2.24) is 0 Å². The molecule has 7 heteroatoms. The molecule has 0 saturated carbocycles. The average molecular weight is 383 g/mol. The predicted molar refractivity (Wildman–Crippen MR) is 101 cm³/mol. The van der Waals surface area contributed by atoms with E-state index in [2.05, 4.69) is 0 Å². The van der Waals surface area contributed by atoms with Crippen molar-refractivity contribution < 1.29 is 28.6 Å². The fourth-order valence-corrected chi connectivity index (χ4v) is 3.06. The molecule has 6 nitrogen and oxygen atoms in total. The lowest BCUT2D eigenvalue weighted by molar-refractivity contribution is -0.136. The monoisotopic (exact) mass is 383 g/mol. The largest absolute Gasteiger partial charge is 0.504 e. The lowest BCUT2D eigenvalue weighted by atomic mass is 10.0. The molecule has 0 fully saturated rings. The second-order valence-electron chi connectivity index (χ2n) is 6.03. The fraction of sp³-hybridized carbons (Fsp3) is 0.143. The highest BCUT2D eigenvalue weighted by atomic mass is 19.1. The first kappa shape index (κ1) is 19.2. The van der Waals surface area contributed by atoms with Crippen LogP contribution in [0.1, 0.15) is 12.5 Å². The van der Waals surface area contributed by atoms with Crippen LogP contribution in [0, 0.1) is 5.82 Å². The van der Waals surface area contributed by atoms with Gasteiger partial charge in [-0.15, -0.1) is 0 Å². The maximum Gasteiger partial charge on any atom is 0.340 e. The first-order chi connectivity index (χ1) is 13.4. The van der Waals surface area contributed by atoms with Crippen LogP contribution >= 0.6 is 0 Å². The third-order valence-corrected chi connectivity index (χ3v) is 4.42. The summed E-state index contributed by atoms with van der Waals surface area (Å²) in [5.74, 6) is -1.55. The van der Waals surface area contributed by atoms with Crippen LogP contribution < -0.4 is 9.64 Å². The van der Waals surface area contributed by atoms with E-state index in [-0.39, 0.29) is 22.6 Å². The number of amides is 1. The van der Waals surface area contributed by atoms with Crippen molar-refractivity contribution in [2.45, 2.75) is 6.92 Å². The number of carbonyl (C=O) groups excluding carboxylic acids is 2. The molecule has 1 N–H and O–H groups in total. The number of phenols is 1. The summed E-state index contributed by atoms with van der Waals surface area (Å²) in [6.07, 6.45) is 1.40. The summed E-state index contributed by atoms with van der Waals surface area (Å²) >= 11 is 0. The summed E-state index contributed by atoms with van der Waals surface area (Å²) in [6, 6.07) is 10.1. The van der Waals surface area contributed by atoms with Gasteiger partial charge in [-0.25, -0.2) is 9.18 Å².